The average molecular weight is 416 g/mol. The van der Waals surface area contributed by atoms with Crippen molar-refractivity contribution in [2.75, 3.05) is 4.90 Å². The zero-order chi connectivity index (χ0) is 20.8. The molecular weight excluding hydrogens is 404 g/mol. The number of hydrogen-bond acceptors (Lipinski definition) is 6. The maximum atomic E-state index is 13.5. The van der Waals surface area contributed by atoms with E-state index < -0.39 is 16.5 Å². The fourth-order valence-electron chi connectivity index (χ4n) is 3.42. The van der Waals surface area contributed by atoms with E-state index in [2.05, 4.69) is 0 Å². The van der Waals surface area contributed by atoms with Gasteiger partial charge < -0.3 is 4.42 Å². The molecule has 2 heterocycles. The minimum Gasteiger partial charge on any atom is -0.422 e. The van der Waals surface area contributed by atoms with Gasteiger partial charge in [-0.1, -0.05) is 36.0 Å². The highest BCUT2D eigenvalue weighted by atomic mass is 32.2. The van der Waals surface area contributed by atoms with Gasteiger partial charge in [0.15, 0.2) is 0 Å². The molecule has 4 aromatic rings. The van der Waals surface area contributed by atoms with Crippen molar-refractivity contribution in [1.82, 2.24) is 0 Å². The number of rotatable bonds is 2. The van der Waals surface area contributed by atoms with Crippen molar-refractivity contribution in [2.24, 2.45) is 0 Å². The van der Waals surface area contributed by atoms with Gasteiger partial charge >= 0.3 is 5.63 Å². The third-order valence-corrected chi connectivity index (χ3v) is 5.92. The summed E-state index contributed by atoms with van der Waals surface area (Å²) >= 11 is 1.54. The molecular formula is C22H12N2O5S. The Balaban J connectivity index is 1.70. The normalized spacial score (nSPS) is 12.3. The fourth-order valence-corrected chi connectivity index (χ4v) is 4.48. The lowest BCUT2D eigenvalue weighted by Crippen LogP contribution is -2.32. The smallest absolute Gasteiger partial charge is 0.349 e. The molecule has 1 amide bonds. The van der Waals surface area contributed by atoms with Gasteiger partial charge in [-0.2, -0.15) is 0 Å². The Labute approximate surface area is 173 Å². The molecule has 8 heteroatoms. The summed E-state index contributed by atoms with van der Waals surface area (Å²) < 4.78 is 5.28. The van der Waals surface area contributed by atoms with Gasteiger partial charge in [-0.3, -0.25) is 19.8 Å². The van der Waals surface area contributed by atoms with Crippen LogP contribution in [0.5, 0.6) is 0 Å². The summed E-state index contributed by atoms with van der Waals surface area (Å²) in [6, 6.07) is 20.1. The van der Waals surface area contributed by atoms with Gasteiger partial charge in [0.1, 0.15) is 11.1 Å². The number of hydrogen-bond donors (Lipinski definition) is 0. The number of nitrogens with zero attached hydrogens (tertiary/aromatic N) is 2. The third-order valence-electron chi connectivity index (χ3n) is 4.79. The van der Waals surface area contributed by atoms with E-state index >= 15 is 0 Å². The van der Waals surface area contributed by atoms with E-state index in [4.69, 9.17) is 4.42 Å². The molecule has 5 rings (SSSR count). The maximum absolute atomic E-state index is 13.5. The second kappa shape index (κ2) is 6.85. The largest absolute Gasteiger partial charge is 0.422 e. The zero-order valence-electron chi connectivity index (χ0n) is 15.3. The SMILES string of the molecule is O=C(c1cc2cc([N+](=O)[O-])ccc2oc1=O)N1c2ccccc2Sc2ccccc21. The molecule has 0 N–H and O–H groups in total. The molecule has 0 saturated heterocycles. The zero-order valence-corrected chi connectivity index (χ0v) is 16.1. The summed E-state index contributed by atoms with van der Waals surface area (Å²) in [6.45, 7) is 0. The van der Waals surface area contributed by atoms with E-state index in [0.29, 0.717) is 16.8 Å². The lowest BCUT2D eigenvalue weighted by Gasteiger charge is -2.30. The van der Waals surface area contributed by atoms with Crippen molar-refractivity contribution in [3.63, 3.8) is 0 Å². The molecule has 0 fully saturated rings. The predicted octanol–water partition coefficient (Wildman–Crippen LogP) is 5.14. The number of non-ortho nitro benzene ring substituents is 1. The summed E-state index contributed by atoms with van der Waals surface area (Å²) in [5.74, 6) is -0.558. The van der Waals surface area contributed by atoms with Gasteiger partial charge in [-0.25, -0.2) is 4.79 Å². The van der Waals surface area contributed by atoms with Crippen LogP contribution in [0.3, 0.4) is 0 Å². The van der Waals surface area contributed by atoms with Crippen molar-refractivity contribution in [2.45, 2.75) is 9.79 Å². The van der Waals surface area contributed by atoms with Crippen LogP contribution < -0.4 is 10.5 Å². The lowest BCUT2D eigenvalue weighted by atomic mass is 10.1. The predicted molar refractivity (Wildman–Crippen MR) is 113 cm³/mol. The molecule has 0 bridgehead atoms. The van der Waals surface area contributed by atoms with E-state index in [1.165, 1.54) is 29.2 Å². The number of amides is 1. The van der Waals surface area contributed by atoms with Crippen molar-refractivity contribution >= 4 is 45.7 Å². The Morgan fingerprint density at radius 3 is 2.20 bits per heavy atom. The van der Waals surface area contributed by atoms with Gasteiger partial charge in [-0.05, 0) is 36.4 Å². The second-order valence-electron chi connectivity index (χ2n) is 6.60. The van der Waals surface area contributed by atoms with Crippen LogP contribution in [0.25, 0.3) is 11.0 Å². The van der Waals surface area contributed by atoms with E-state index in [-0.39, 0.29) is 16.8 Å². The second-order valence-corrected chi connectivity index (χ2v) is 7.69. The Morgan fingerprint density at radius 1 is 0.933 bits per heavy atom. The molecule has 1 aliphatic rings. The topological polar surface area (TPSA) is 93.7 Å². The first-order chi connectivity index (χ1) is 14.5. The standard InChI is InChI=1S/C22H12N2O5S/c25-21(15-12-13-11-14(24(27)28)9-10-18(13)29-22(15)26)23-16-5-1-3-7-19(16)30-20-8-4-2-6-17(20)23/h1-12H. The van der Waals surface area contributed by atoms with Crippen LogP contribution >= 0.6 is 11.8 Å². The number of carbonyl (C=O) groups excluding carboxylic acids is 1. The van der Waals surface area contributed by atoms with Crippen LogP contribution in [0.2, 0.25) is 0 Å². The van der Waals surface area contributed by atoms with Crippen molar-refractivity contribution in [3.05, 3.63) is 98.9 Å². The maximum Gasteiger partial charge on any atom is 0.349 e. The average Bonchev–Trinajstić information content (AvgIpc) is 2.76. The van der Waals surface area contributed by atoms with Crippen LogP contribution in [-0.4, -0.2) is 10.8 Å². The Kier molecular flexibility index (Phi) is 4.14. The Bertz CT molecular complexity index is 1370. The monoisotopic (exact) mass is 416 g/mol. The molecule has 0 aliphatic carbocycles. The highest BCUT2D eigenvalue weighted by Gasteiger charge is 2.30. The summed E-state index contributed by atoms with van der Waals surface area (Å²) in [5, 5.41) is 11.4. The molecule has 0 unspecified atom stereocenters. The summed E-state index contributed by atoms with van der Waals surface area (Å²) in [4.78, 5) is 39.9. The first kappa shape index (κ1) is 18.1. The minimum atomic E-state index is -0.797. The molecule has 3 aromatic carbocycles. The van der Waals surface area contributed by atoms with Gasteiger partial charge in [0.05, 0.1) is 16.3 Å². The molecule has 1 aromatic heterocycles. The minimum absolute atomic E-state index is 0.153. The molecule has 7 nitrogen and oxygen atoms in total. The molecule has 1 aliphatic heterocycles. The Morgan fingerprint density at radius 2 is 1.57 bits per heavy atom. The van der Waals surface area contributed by atoms with Crippen LogP contribution in [0.4, 0.5) is 17.1 Å². The van der Waals surface area contributed by atoms with Gasteiger partial charge in [-0.15, -0.1) is 0 Å². The highest BCUT2D eigenvalue weighted by Crippen LogP contribution is 2.48. The summed E-state index contributed by atoms with van der Waals surface area (Å²) in [6.07, 6.45) is 0. The first-order valence-corrected chi connectivity index (χ1v) is 9.77. The molecule has 146 valence electrons. The van der Waals surface area contributed by atoms with Crippen LogP contribution in [0.1, 0.15) is 10.4 Å². The number of para-hydroxylation sites is 2. The highest BCUT2D eigenvalue weighted by molar-refractivity contribution is 7.99. The summed E-state index contributed by atoms with van der Waals surface area (Å²) in [7, 11) is 0. The number of carbonyl (C=O) groups is 1. The quantitative estimate of drug-likeness (QED) is 0.255. The molecule has 30 heavy (non-hydrogen) atoms. The first-order valence-electron chi connectivity index (χ1n) is 8.95. The van der Waals surface area contributed by atoms with Crippen molar-refractivity contribution in [3.8, 4) is 0 Å². The van der Waals surface area contributed by atoms with E-state index in [1.54, 1.807) is 11.8 Å². The van der Waals surface area contributed by atoms with Crippen molar-refractivity contribution < 1.29 is 14.1 Å². The molecule has 0 spiro atoms. The number of fused-ring (bicyclic) bond motifs is 3. The third kappa shape index (κ3) is 2.85. The van der Waals surface area contributed by atoms with E-state index in [9.17, 15) is 19.7 Å². The van der Waals surface area contributed by atoms with Gasteiger partial charge in [0, 0.05) is 27.3 Å². The molecule has 0 saturated carbocycles. The Hall–Kier alpha value is -3.91. The van der Waals surface area contributed by atoms with Gasteiger partial charge in [0.2, 0.25) is 0 Å². The van der Waals surface area contributed by atoms with Crippen LogP contribution in [0.15, 0.2) is 91.8 Å². The van der Waals surface area contributed by atoms with E-state index in [0.717, 1.165) is 9.79 Å². The van der Waals surface area contributed by atoms with Crippen LogP contribution in [-0.2, 0) is 0 Å². The number of anilines is 2. The number of nitro groups is 1. The van der Waals surface area contributed by atoms with E-state index in [1.807, 2.05) is 48.5 Å². The number of benzene rings is 3. The lowest BCUT2D eigenvalue weighted by molar-refractivity contribution is -0.384. The molecule has 0 atom stereocenters. The fraction of sp³-hybridized carbons (Fsp3) is 0. The van der Waals surface area contributed by atoms with Crippen LogP contribution in [0, 0.1) is 10.1 Å². The van der Waals surface area contributed by atoms with Crippen molar-refractivity contribution in [1.29, 1.82) is 0 Å². The molecule has 0 radical (unpaired) electrons. The number of nitro benzene ring substituents is 1. The van der Waals surface area contributed by atoms with Gasteiger partial charge in [0.25, 0.3) is 11.6 Å². The summed E-state index contributed by atoms with van der Waals surface area (Å²) in [5.41, 5.74) is 0.348.